The van der Waals surface area contributed by atoms with Crippen LogP contribution in [0, 0.1) is 0 Å². The van der Waals surface area contributed by atoms with Gasteiger partial charge in [-0.2, -0.15) is 0 Å². The fourth-order valence-corrected chi connectivity index (χ4v) is 3.09. The van der Waals surface area contributed by atoms with Crippen molar-refractivity contribution in [1.82, 2.24) is 10.2 Å². The molecule has 1 unspecified atom stereocenters. The summed E-state index contributed by atoms with van der Waals surface area (Å²) in [6.45, 7) is 5.64. The smallest absolute Gasteiger partial charge is 0.0869 e. The highest BCUT2D eigenvalue weighted by atomic mass is 16.3. The molecule has 1 aliphatic heterocycles. The summed E-state index contributed by atoms with van der Waals surface area (Å²) in [7, 11) is 0. The summed E-state index contributed by atoms with van der Waals surface area (Å²) in [6, 6.07) is 0.717. The number of nitrogens with one attached hydrogen (secondary N) is 1. The number of rotatable bonds is 1. The van der Waals surface area contributed by atoms with E-state index >= 15 is 0 Å². The van der Waals surface area contributed by atoms with E-state index < -0.39 is 5.60 Å². The topological polar surface area (TPSA) is 35.5 Å². The van der Waals surface area contributed by atoms with Gasteiger partial charge in [0.25, 0.3) is 0 Å². The molecule has 0 radical (unpaired) electrons. The van der Waals surface area contributed by atoms with Crippen LogP contribution in [0.25, 0.3) is 0 Å². The number of aliphatic hydroxyl groups is 1. The van der Waals surface area contributed by atoms with Crippen LogP contribution in [0.5, 0.6) is 0 Å². The first-order valence-corrected chi connectivity index (χ1v) is 6.84. The van der Waals surface area contributed by atoms with Crippen LogP contribution in [-0.4, -0.2) is 47.8 Å². The van der Waals surface area contributed by atoms with Gasteiger partial charge < -0.3 is 10.4 Å². The van der Waals surface area contributed by atoms with Gasteiger partial charge in [-0.05, 0) is 19.8 Å². The van der Waals surface area contributed by atoms with Gasteiger partial charge in [-0.3, -0.25) is 4.90 Å². The number of hydrogen-bond donors (Lipinski definition) is 2. The Morgan fingerprint density at radius 1 is 1.19 bits per heavy atom. The molecule has 2 fully saturated rings. The Labute approximate surface area is 99.2 Å². The molecule has 0 spiro atoms. The Morgan fingerprint density at radius 2 is 1.88 bits per heavy atom. The van der Waals surface area contributed by atoms with Crippen molar-refractivity contribution in [2.24, 2.45) is 0 Å². The predicted molar refractivity (Wildman–Crippen MR) is 66.6 cm³/mol. The first-order chi connectivity index (χ1) is 7.67. The van der Waals surface area contributed by atoms with Crippen LogP contribution in [0.4, 0.5) is 0 Å². The van der Waals surface area contributed by atoms with E-state index in [0.29, 0.717) is 6.04 Å². The third kappa shape index (κ3) is 3.44. The van der Waals surface area contributed by atoms with E-state index in [9.17, 15) is 5.11 Å². The lowest BCUT2D eigenvalue weighted by atomic mass is 10.0. The van der Waals surface area contributed by atoms with Crippen LogP contribution < -0.4 is 5.32 Å². The lowest BCUT2D eigenvalue weighted by molar-refractivity contribution is 0.0192. The molecule has 3 nitrogen and oxygen atoms in total. The maximum atomic E-state index is 10.2. The van der Waals surface area contributed by atoms with Gasteiger partial charge in [0.15, 0.2) is 0 Å². The molecule has 0 amide bonds. The third-order valence-corrected chi connectivity index (χ3v) is 3.97. The third-order valence-electron chi connectivity index (χ3n) is 3.97. The van der Waals surface area contributed by atoms with Crippen molar-refractivity contribution < 1.29 is 5.11 Å². The second-order valence-electron chi connectivity index (χ2n) is 5.79. The van der Waals surface area contributed by atoms with E-state index in [-0.39, 0.29) is 0 Å². The molecule has 1 atom stereocenters. The fraction of sp³-hybridized carbons (Fsp3) is 1.00. The molecule has 1 saturated heterocycles. The molecule has 1 heterocycles. The maximum absolute atomic E-state index is 10.2. The second-order valence-corrected chi connectivity index (χ2v) is 5.79. The first-order valence-electron chi connectivity index (χ1n) is 6.84. The molecule has 0 aromatic carbocycles. The molecule has 0 aromatic heterocycles. The minimum atomic E-state index is -0.553. The van der Waals surface area contributed by atoms with Crippen molar-refractivity contribution in [2.45, 2.75) is 57.1 Å². The predicted octanol–water partition coefficient (Wildman–Crippen LogP) is 1.37. The molecule has 0 aromatic rings. The van der Waals surface area contributed by atoms with Crippen LogP contribution in [0.15, 0.2) is 0 Å². The molecule has 3 heteroatoms. The average molecular weight is 226 g/mol. The van der Waals surface area contributed by atoms with Gasteiger partial charge in [0, 0.05) is 32.2 Å². The first kappa shape index (κ1) is 12.3. The molecule has 1 saturated carbocycles. The van der Waals surface area contributed by atoms with E-state index in [1.807, 2.05) is 6.92 Å². The highest BCUT2D eigenvalue weighted by Crippen LogP contribution is 2.23. The largest absolute Gasteiger partial charge is 0.388 e. The Balaban J connectivity index is 1.95. The highest BCUT2D eigenvalue weighted by Gasteiger charge is 2.30. The van der Waals surface area contributed by atoms with Crippen molar-refractivity contribution in [2.75, 3.05) is 26.2 Å². The summed E-state index contributed by atoms with van der Waals surface area (Å²) in [5, 5.41) is 13.6. The van der Waals surface area contributed by atoms with Gasteiger partial charge in [0.1, 0.15) is 0 Å². The van der Waals surface area contributed by atoms with E-state index in [1.54, 1.807) is 0 Å². The lowest BCUT2D eigenvalue weighted by Gasteiger charge is -2.34. The van der Waals surface area contributed by atoms with Crippen LogP contribution in [0.2, 0.25) is 0 Å². The van der Waals surface area contributed by atoms with Gasteiger partial charge >= 0.3 is 0 Å². The lowest BCUT2D eigenvalue weighted by Crippen LogP contribution is -2.46. The molecular formula is C13H26N2O. The Kier molecular flexibility index (Phi) is 4.22. The standard InChI is InChI=1S/C13H26N2O/c1-13(16)10-14-8-9-15(11-13)12-6-4-2-3-5-7-12/h12,14,16H,2-11H2,1H3. The van der Waals surface area contributed by atoms with E-state index in [0.717, 1.165) is 26.2 Å². The molecule has 94 valence electrons. The Bertz CT molecular complexity index is 210. The van der Waals surface area contributed by atoms with Crippen LogP contribution in [0.3, 0.4) is 0 Å². The summed E-state index contributed by atoms with van der Waals surface area (Å²) in [4.78, 5) is 2.52. The zero-order valence-electron chi connectivity index (χ0n) is 10.5. The zero-order chi connectivity index (χ0) is 11.4. The van der Waals surface area contributed by atoms with Crippen LogP contribution >= 0.6 is 0 Å². The molecule has 0 bridgehead atoms. The van der Waals surface area contributed by atoms with Gasteiger partial charge in [-0.1, -0.05) is 25.7 Å². The Hall–Kier alpha value is -0.120. The SMILES string of the molecule is CC1(O)CNCCN(C2CCCCCC2)C1. The van der Waals surface area contributed by atoms with E-state index in [2.05, 4.69) is 10.2 Å². The molecular weight excluding hydrogens is 200 g/mol. The normalized spacial score (nSPS) is 35.6. The van der Waals surface area contributed by atoms with Crippen LogP contribution in [0.1, 0.15) is 45.4 Å². The minimum Gasteiger partial charge on any atom is -0.388 e. The Morgan fingerprint density at radius 3 is 2.56 bits per heavy atom. The quantitative estimate of drug-likeness (QED) is 0.663. The summed E-state index contributed by atoms with van der Waals surface area (Å²) < 4.78 is 0. The highest BCUT2D eigenvalue weighted by molar-refractivity contribution is 4.87. The van der Waals surface area contributed by atoms with E-state index in [4.69, 9.17) is 0 Å². The summed E-state index contributed by atoms with van der Waals surface area (Å²) in [5.74, 6) is 0. The van der Waals surface area contributed by atoms with E-state index in [1.165, 1.54) is 38.5 Å². The summed E-state index contributed by atoms with van der Waals surface area (Å²) in [5.41, 5.74) is -0.553. The summed E-state index contributed by atoms with van der Waals surface area (Å²) >= 11 is 0. The molecule has 2 aliphatic rings. The van der Waals surface area contributed by atoms with Gasteiger partial charge in [-0.25, -0.2) is 0 Å². The van der Waals surface area contributed by atoms with Gasteiger partial charge in [0.2, 0.25) is 0 Å². The number of nitrogens with zero attached hydrogens (tertiary/aromatic N) is 1. The fourth-order valence-electron chi connectivity index (χ4n) is 3.09. The maximum Gasteiger partial charge on any atom is 0.0869 e. The van der Waals surface area contributed by atoms with Gasteiger partial charge in [-0.15, -0.1) is 0 Å². The van der Waals surface area contributed by atoms with Crippen molar-refractivity contribution in [1.29, 1.82) is 0 Å². The number of β-amino-alcohol motifs (C(OH)–C–C–N with tert-alkyl or cyclic N) is 1. The molecule has 2 rings (SSSR count). The minimum absolute atomic E-state index is 0.553. The number of hydrogen-bond acceptors (Lipinski definition) is 3. The van der Waals surface area contributed by atoms with Crippen molar-refractivity contribution in [3.8, 4) is 0 Å². The zero-order valence-corrected chi connectivity index (χ0v) is 10.5. The van der Waals surface area contributed by atoms with Crippen molar-refractivity contribution in [3.05, 3.63) is 0 Å². The summed E-state index contributed by atoms with van der Waals surface area (Å²) in [6.07, 6.45) is 8.21. The monoisotopic (exact) mass is 226 g/mol. The second kappa shape index (κ2) is 5.48. The molecule has 2 N–H and O–H groups in total. The van der Waals surface area contributed by atoms with Crippen LogP contribution in [-0.2, 0) is 0 Å². The van der Waals surface area contributed by atoms with Gasteiger partial charge in [0.05, 0.1) is 5.60 Å². The van der Waals surface area contributed by atoms with Crippen molar-refractivity contribution in [3.63, 3.8) is 0 Å². The van der Waals surface area contributed by atoms with Crippen molar-refractivity contribution >= 4 is 0 Å². The molecule has 1 aliphatic carbocycles. The average Bonchev–Trinajstić information content (AvgIpc) is 2.57. The molecule has 16 heavy (non-hydrogen) atoms.